The molecule has 0 spiro atoms. The molecule has 3 N–H and O–H groups in total. The van der Waals surface area contributed by atoms with Crippen LogP contribution >= 0.6 is 12.2 Å². The highest BCUT2D eigenvalue weighted by Crippen LogP contribution is 2.58. The van der Waals surface area contributed by atoms with E-state index in [-0.39, 0.29) is 0 Å². The van der Waals surface area contributed by atoms with Crippen molar-refractivity contribution in [1.82, 2.24) is 14.8 Å². The van der Waals surface area contributed by atoms with Gasteiger partial charge in [-0.1, -0.05) is 0 Å². The van der Waals surface area contributed by atoms with Crippen LogP contribution < -0.4 is 5.73 Å². The van der Waals surface area contributed by atoms with Crippen LogP contribution in [0, 0.1) is 28.4 Å². The van der Waals surface area contributed by atoms with E-state index >= 15 is 0 Å². The summed E-state index contributed by atoms with van der Waals surface area (Å²) in [4.78, 5) is 4.14. The van der Waals surface area contributed by atoms with Crippen molar-refractivity contribution in [3.8, 4) is 0 Å². The zero-order valence-electron chi connectivity index (χ0n) is 9.80. The van der Waals surface area contributed by atoms with E-state index in [4.69, 9.17) is 18.0 Å². The Morgan fingerprint density at radius 3 is 2.18 bits per heavy atom. The number of H-pyrrole nitrogens is 1. The van der Waals surface area contributed by atoms with Gasteiger partial charge in [-0.05, 0) is 68.0 Å². The first-order chi connectivity index (χ1) is 8.20. The summed E-state index contributed by atoms with van der Waals surface area (Å²) in [6.07, 6.45) is 7.02. The molecule has 0 saturated heterocycles. The number of rotatable bonds is 1. The predicted octanol–water partition coefficient (Wildman–Crippen LogP) is 2.52. The third-order valence-corrected chi connectivity index (χ3v) is 5.34. The highest BCUT2D eigenvalue weighted by Gasteiger charge is 2.49. The Morgan fingerprint density at radius 1 is 1.12 bits per heavy atom. The van der Waals surface area contributed by atoms with E-state index in [2.05, 4.69) is 14.8 Å². The van der Waals surface area contributed by atoms with Gasteiger partial charge in [-0.3, -0.25) is 9.78 Å². The Balaban J connectivity index is 1.75. The quantitative estimate of drug-likeness (QED) is 0.753. The first-order valence-electron chi connectivity index (χ1n) is 6.64. The van der Waals surface area contributed by atoms with Crippen LogP contribution in [-0.4, -0.2) is 14.8 Å². The van der Waals surface area contributed by atoms with Gasteiger partial charge in [0, 0.05) is 0 Å². The van der Waals surface area contributed by atoms with Crippen LogP contribution in [0.4, 0.5) is 5.95 Å². The minimum Gasteiger partial charge on any atom is -0.368 e. The topological polar surface area (TPSA) is 59.6 Å². The lowest BCUT2D eigenvalue weighted by atomic mass is 9.54. The maximum Gasteiger partial charge on any atom is 0.218 e. The second-order valence-electron chi connectivity index (χ2n) is 6.18. The number of nitrogens with two attached hydrogens (primary N) is 1. The minimum absolute atomic E-state index is 0.524. The number of nitrogen functional groups attached to an aromatic ring is 1. The normalized spacial score (nSPS) is 43.2. The van der Waals surface area contributed by atoms with E-state index in [9.17, 15) is 0 Å². The molecule has 4 aliphatic carbocycles. The highest BCUT2D eigenvalue weighted by molar-refractivity contribution is 7.71. The number of aromatic amines is 1. The molecular formula is C12H18N4S. The summed E-state index contributed by atoms with van der Waals surface area (Å²) < 4.78 is 2.59. The number of nitrogens with one attached hydrogen (secondary N) is 1. The van der Waals surface area contributed by atoms with E-state index in [0.29, 0.717) is 16.8 Å². The third kappa shape index (κ3) is 1.41. The van der Waals surface area contributed by atoms with Crippen LogP contribution in [-0.2, 0) is 0 Å². The second-order valence-corrected chi connectivity index (χ2v) is 6.56. The fraction of sp³-hybridized carbons (Fsp3) is 0.833. The number of hydrogen-bond acceptors (Lipinski definition) is 3. The maximum absolute atomic E-state index is 5.98. The molecule has 1 aromatic rings. The van der Waals surface area contributed by atoms with Gasteiger partial charge < -0.3 is 5.73 Å². The summed E-state index contributed by atoms with van der Waals surface area (Å²) in [5.41, 5.74) is 5.98. The van der Waals surface area contributed by atoms with Gasteiger partial charge >= 0.3 is 0 Å². The van der Waals surface area contributed by atoms with Crippen LogP contribution in [0.3, 0.4) is 0 Å². The molecule has 0 amide bonds. The van der Waals surface area contributed by atoms with E-state index in [1.807, 2.05) is 0 Å². The molecule has 4 nitrogen and oxygen atoms in total. The Hall–Kier alpha value is -0.840. The zero-order chi connectivity index (χ0) is 11.6. The Kier molecular flexibility index (Phi) is 1.99. The van der Waals surface area contributed by atoms with Crippen molar-refractivity contribution >= 4 is 18.2 Å². The lowest BCUT2D eigenvalue weighted by Gasteiger charge is -2.54. The molecule has 4 aliphatic rings. The summed E-state index contributed by atoms with van der Waals surface area (Å²) in [5, 5.41) is 3.17. The van der Waals surface area contributed by atoms with Gasteiger partial charge in [0.25, 0.3) is 0 Å². The van der Waals surface area contributed by atoms with Crippen molar-refractivity contribution in [2.75, 3.05) is 5.73 Å². The molecule has 5 rings (SSSR count). The number of nitrogens with zero attached hydrogens (tertiary/aromatic N) is 2. The van der Waals surface area contributed by atoms with Crippen LogP contribution in [0.5, 0.6) is 0 Å². The largest absolute Gasteiger partial charge is 0.368 e. The van der Waals surface area contributed by atoms with Crippen molar-refractivity contribution in [3.63, 3.8) is 0 Å². The van der Waals surface area contributed by atoms with Crippen molar-refractivity contribution in [1.29, 1.82) is 0 Å². The summed E-state index contributed by atoms with van der Waals surface area (Å²) in [7, 11) is 0. The molecule has 0 aromatic carbocycles. The lowest BCUT2D eigenvalue weighted by molar-refractivity contribution is -0.0329. The molecule has 0 aliphatic heterocycles. The first kappa shape index (κ1) is 10.1. The average molecular weight is 250 g/mol. The smallest absolute Gasteiger partial charge is 0.218 e. The van der Waals surface area contributed by atoms with Crippen molar-refractivity contribution in [2.24, 2.45) is 23.7 Å². The van der Waals surface area contributed by atoms with Crippen LogP contribution in [0.25, 0.3) is 0 Å². The molecule has 17 heavy (non-hydrogen) atoms. The Labute approximate surface area is 106 Å². The van der Waals surface area contributed by atoms with Crippen molar-refractivity contribution < 1.29 is 0 Å². The predicted molar refractivity (Wildman–Crippen MR) is 67.9 cm³/mol. The Morgan fingerprint density at radius 2 is 1.71 bits per heavy atom. The number of aromatic nitrogens is 3. The van der Waals surface area contributed by atoms with Gasteiger partial charge in [-0.15, -0.1) is 0 Å². The van der Waals surface area contributed by atoms with Gasteiger partial charge in [-0.2, -0.15) is 4.98 Å². The third-order valence-electron chi connectivity index (χ3n) is 5.15. The molecule has 5 heteroatoms. The maximum atomic E-state index is 5.98. The molecule has 1 aromatic heterocycles. The van der Waals surface area contributed by atoms with Crippen molar-refractivity contribution in [3.05, 3.63) is 4.77 Å². The Bertz CT molecular complexity index is 475. The first-order valence-corrected chi connectivity index (χ1v) is 7.05. The molecule has 0 atom stereocenters. The van der Waals surface area contributed by atoms with Gasteiger partial charge in [-0.25, -0.2) is 0 Å². The fourth-order valence-corrected chi connectivity index (χ4v) is 5.08. The standard InChI is InChI=1S/C12H18N4S/c13-11-14-12(17)15-16(11)10-8-2-6-1-7(4-8)5-9(10)3-6/h6-10H,1-5H2,(H3,13,14,15,17). The molecule has 92 valence electrons. The van der Waals surface area contributed by atoms with E-state index in [1.54, 1.807) is 0 Å². The minimum atomic E-state index is 0.524. The molecule has 1 heterocycles. The summed E-state index contributed by atoms with van der Waals surface area (Å²) in [6, 6.07) is 0.534. The van der Waals surface area contributed by atoms with Gasteiger partial charge in [0.1, 0.15) is 0 Å². The molecule has 4 bridgehead atoms. The average Bonchev–Trinajstić information content (AvgIpc) is 2.56. The molecule has 0 radical (unpaired) electrons. The van der Waals surface area contributed by atoms with Gasteiger partial charge in [0.05, 0.1) is 6.04 Å². The van der Waals surface area contributed by atoms with Crippen LogP contribution in [0.1, 0.15) is 38.1 Å². The van der Waals surface area contributed by atoms with E-state index in [0.717, 1.165) is 23.7 Å². The van der Waals surface area contributed by atoms with Gasteiger partial charge in [0.15, 0.2) is 0 Å². The zero-order valence-corrected chi connectivity index (χ0v) is 10.6. The van der Waals surface area contributed by atoms with Gasteiger partial charge in [0.2, 0.25) is 10.7 Å². The summed E-state index contributed by atoms with van der Waals surface area (Å²) >= 11 is 5.09. The van der Waals surface area contributed by atoms with Crippen LogP contribution in [0.15, 0.2) is 0 Å². The molecular weight excluding hydrogens is 232 g/mol. The van der Waals surface area contributed by atoms with E-state index < -0.39 is 0 Å². The molecule has 4 fully saturated rings. The van der Waals surface area contributed by atoms with Crippen molar-refractivity contribution in [2.45, 2.75) is 38.1 Å². The molecule has 0 unspecified atom stereocenters. The monoisotopic (exact) mass is 250 g/mol. The fourth-order valence-electron chi connectivity index (χ4n) is 4.89. The molecule has 4 saturated carbocycles. The number of anilines is 1. The highest BCUT2D eigenvalue weighted by atomic mass is 32.1. The van der Waals surface area contributed by atoms with Crippen LogP contribution in [0.2, 0.25) is 0 Å². The summed E-state index contributed by atoms with van der Waals surface area (Å²) in [6.45, 7) is 0. The lowest BCUT2D eigenvalue weighted by Crippen LogP contribution is -2.46. The van der Waals surface area contributed by atoms with E-state index in [1.165, 1.54) is 32.1 Å². The second kappa shape index (κ2) is 3.34. The number of hydrogen-bond donors (Lipinski definition) is 2. The SMILES string of the molecule is Nc1nc(=S)[nH]n1C1C2CC3CC(C2)CC1C3. The summed E-state index contributed by atoms with van der Waals surface area (Å²) in [5.74, 6) is 4.15.